The Balaban J connectivity index is 0.00000676. The highest BCUT2D eigenvalue weighted by atomic mass is 127. The zero-order valence-electron chi connectivity index (χ0n) is 16.2. The number of nitrogens with zero attached hydrogens (tertiary/aromatic N) is 2. The van der Waals surface area contributed by atoms with E-state index in [1.807, 2.05) is 0 Å². The fourth-order valence-electron chi connectivity index (χ4n) is 2.85. The van der Waals surface area contributed by atoms with Crippen LogP contribution in [-0.2, 0) is 10.0 Å². The van der Waals surface area contributed by atoms with E-state index in [-0.39, 0.29) is 43.0 Å². The third kappa shape index (κ3) is 9.16. The first kappa shape index (κ1) is 26.7. The Morgan fingerprint density at radius 3 is 2.26 bits per heavy atom. The van der Waals surface area contributed by atoms with E-state index in [9.17, 15) is 21.6 Å². The predicted molar refractivity (Wildman–Crippen MR) is 113 cm³/mol. The molecule has 162 valence electrons. The van der Waals surface area contributed by atoms with Crippen LogP contribution in [-0.4, -0.2) is 57.4 Å². The van der Waals surface area contributed by atoms with Gasteiger partial charge in [0.05, 0.1) is 0 Å². The highest BCUT2D eigenvalue weighted by Gasteiger charge is 2.50. The van der Waals surface area contributed by atoms with Gasteiger partial charge in [-0.05, 0) is 31.1 Å². The fraction of sp³-hybridized carbons (Fsp3) is 0.938. The topological polar surface area (TPSA) is 73.8 Å². The molecule has 11 heteroatoms. The highest BCUT2D eigenvalue weighted by molar-refractivity contribution is 14.0. The molecule has 0 atom stereocenters. The molecule has 0 unspecified atom stereocenters. The van der Waals surface area contributed by atoms with Crippen LogP contribution in [0.15, 0.2) is 4.99 Å². The number of alkyl halides is 3. The van der Waals surface area contributed by atoms with Crippen LogP contribution in [0.5, 0.6) is 0 Å². The summed E-state index contributed by atoms with van der Waals surface area (Å²) in [6.07, 6.45) is 4.18. The molecule has 0 spiro atoms. The van der Waals surface area contributed by atoms with E-state index >= 15 is 0 Å². The van der Waals surface area contributed by atoms with Gasteiger partial charge in [-0.1, -0.05) is 26.7 Å². The molecule has 0 radical (unpaired) electrons. The molecule has 1 aliphatic heterocycles. The van der Waals surface area contributed by atoms with E-state index in [0.29, 0.717) is 35.6 Å². The molecular formula is C16H32F3IN4O2S. The van der Waals surface area contributed by atoms with Crippen LogP contribution < -0.4 is 10.6 Å². The van der Waals surface area contributed by atoms with Crippen LogP contribution in [0.2, 0.25) is 0 Å². The largest absolute Gasteiger partial charge is 0.511 e. The summed E-state index contributed by atoms with van der Waals surface area (Å²) in [7, 11) is -3.54. The number of halogens is 4. The van der Waals surface area contributed by atoms with Gasteiger partial charge >= 0.3 is 15.5 Å². The summed E-state index contributed by atoms with van der Waals surface area (Å²) in [5.41, 5.74) is -5.22. The molecule has 6 nitrogen and oxygen atoms in total. The molecule has 0 bridgehead atoms. The van der Waals surface area contributed by atoms with Crippen LogP contribution in [0.3, 0.4) is 0 Å². The van der Waals surface area contributed by atoms with Crippen molar-refractivity contribution in [2.45, 2.75) is 51.5 Å². The van der Waals surface area contributed by atoms with Gasteiger partial charge < -0.3 is 10.6 Å². The highest BCUT2D eigenvalue weighted by Crippen LogP contribution is 2.30. The number of piperidine rings is 1. The summed E-state index contributed by atoms with van der Waals surface area (Å²) in [5, 5.41) is 6.39. The number of nitrogens with one attached hydrogen (secondary N) is 2. The average Bonchev–Trinajstić information content (AvgIpc) is 2.56. The first-order valence-electron chi connectivity index (χ1n) is 9.09. The van der Waals surface area contributed by atoms with Crippen molar-refractivity contribution in [2.75, 3.05) is 33.2 Å². The maximum atomic E-state index is 12.6. The molecule has 27 heavy (non-hydrogen) atoms. The number of hydrogen-bond acceptors (Lipinski definition) is 3. The van der Waals surface area contributed by atoms with E-state index in [1.54, 1.807) is 7.05 Å². The molecule has 0 aromatic carbocycles. The quantitative estimate of drug-likeness (QED) is 0.220. The number of hydrogen-bond donors (Lipinski definition) is 2. The Hall–Kier alpha value is -0.300. The number of aliphatic imine (C=N–C) groups is 1. The maximum Gasteiger partial charge on any atom is 0.511 e. The Labute approximate surface area is 177 Å². The van der Waals surface area contributed by atoms with Gasteiger partial charge in [-0.25, -0.2) is 8.42 Å². The molecular weight excluding hydrogens is 496 g/mol. The third-order valence-electron chi connectivity index (χ3n) is 4.49. The first-order valence-corrected chi connectivity index (χ1v) is 10.5. The Morgan fingerprint density at radius 2 is 1.78 bits per heavy atom. The molecule has 1 fully saturated rings. The standard InChI is InChI=1S/C16H31F3N4O2S.HI/c1-13(2)6-4-5-9-21-15(20-3)22-12-14-7-10-23(11-8-14)26(24,25)16(17,18)19;/h13-14H,4-12H2,1-3H3,(H2,20,21,22);1H. The van der Waals surface area contributed by atoms with Crippen LogP contribution in [0, 0.1) is 11.8 Å². The minimum absolute atomic E-state index is 0. The van der Waals surface area contributed by atoms with Gasteiger partial charge in [-0.15, -0.1) is 24.0 Å². The van der Waals surface area contributed by atoms with Gasteiger partial charge in [-0.2, -0.15) is 17.5 Å². The van der Waals surface area contributed by atoms with Crippen LogP contribution in [0.1, 0.15) is 46.0 Å². The van der Waals surface area contributed by atoms with Crippen LogP contribution in [0.4, 0.5) is 13.2 Å². The van der Waals surface area contributed by atoms with Gasteiger partial charge in [0.15, 0.2) is 5.96 Å². The van der Waals surface area contributed by atoms with Crippen molar-refractivity contribution in [3.8, 4) is 0 Å². The van der Waals surface area contributed by atoms with Gasteiger partial charge in [0, 0.05) is 33.2 Å². The second-order valence-electron chi connectivity index (χ2n) is 7.06. The van der Waals surface area contributed by atoms with Gasteiger partial charge in [0.25, 0.3) is 0 Å². The lowest BCUT2D eigenvalue weighted by atomic mass is 9.98. The van der Waals surface area contributed by atoms with Crippen molar-refractivity contribution in [1.82, 2.24) is 14.9 Å². The molecule has 1 saturated heterocycles. The van der Waals surface area contributed by atoms with E-state index in [4.69, 9.17) is 0 Å². The Bertz CT molecular complexity index is 548. The van der Waals surface area contributed by atoms with Crippen LogP contribution in [0.25, 0.3) is 0 Å². The number of guanidine groups is 1. The van der Waals surface area contributed by atoms with E-state index in [2.05, 4.69) is 29.5 Å². The minimum Gasteiger partial charge on any atom is -0.356 e. The summed E-state index contributed by atoms with van der Waals surface area (Å²) in [6, 6.07) is 0. The van der Waals surface area contributed by atoms with Gasteiger partial charge in [0.1, 0.15) is 0 Å². The minimum atomic E-state index is -5.22. The van der Waals surface area contributed by atoms with Crippen molar-refractivity contribution >= 4 is 40.0 Å². The summed E-state index contributed by atoms with van der Waals surface area (Å²) in [4.78, 5) is 4.13. The monoisotopic (exact) mass is 528 g/mol. The van der Waals surface area contributed by atoms with Gasteiger partial charge in [-0.3, -0.25) is 4.99 Å². The summed E-state index contributed by atoms with van der Waals surface area (Å²) in [6.45, 7) is 5.56. The summed E-state index contributed by atoms with van der Waals surface area (Å²) in [5.74, 6) is 1.48. The third-order valence-corrected chi connectivity index (χ3v) is 6.12. The zero-order valence-corrected chi connectivity index (χ0v) is 19.3. The predicted octanol–water partition coefficient (Wildman–Crippen LogP) is 3.16. The van der Waals surface area contributed by atoms with Crippen LogP contribution >= 0.6 is 24.0 Å². The fourth-order valence-corrected chi connectivity index (χ4v) is 3.83. The van der Waals surface area contributed by atoms with Crippen molar-refractivity contribution in [3.05, 3.63) is 0 Å². The Kier molecular flexibility index (Phi) is 12.2. The normalized spacial score (nSPS) is 17.7. The molecule has 1 heterocycles. The molecule has 1 aliphatic rings. The maximum absolute atomic E-state index is 12.6. The van der Waals surface area contributed by atoms with E-state index < -0.39 is 15.5 Å². The van der Waals surface area contributed by atoms with E-state index in [0.717, 1.165) is 19.4 Å². The zero-order chi connectivity index (χ0) is 19.8. The second-order valence-corrected chi connectivity index (χ2v) is 8.99. The summed E-state index contributed by atoms with van der Waals surface area (Å²) < 4.78 is 61.0. The smallest absolute Gasteiger partial charge is 0.356 e. The average molecular weight is 528 g/mol. The van der Waals surface area contributed by atoms with Crippen molar-refractivity contribution < 1.29 is 21.6 Å². The molecule has 0 aromatic heterocycles. The molecule has 0 amide bonds. The molecule has 0 aromatic rings. The molecule has 1 rings (SSSR count). The number of rotatable bonds is 8. The van der Waals surface area contributed by atoms with Crippen molar-refractivity contribution in [1.29, 1.82) is 0 Å². The lowest BCUT2D eigenvalue weighted by molar-refractivity contribution is -0.0496. The van der Waals surface area contributed by atoms with Crippen molar-refractivity contribution in [3.63, 3.8) is 0 Å². The van der Waals surface area contributed by atoms with Gasteiger partial charge in [0.2, 0.25) is 0 Å². The number of unbranched alkanes of at least 4 members (excludes halogenated alkanes) is 1. The molecule has 0 saturated carbocycles. The molecule has 0 aliphatic carbocycles. The first-order chi connectivity index (χ1) is 12.1. The number of sulfonamides is 1. The van der Waals surface area contributed by atoms with Crippen molar-refractivity contribution in [2.24, 2.45) is 16.8 Å². The summed E-state index contributed by atoms with van der Waals surface area (Å²) >= 11 is 0. The van der Waals surface area contributed by atoms with E-state index in [1.165, 1.54) is 6.42 Å². The second kappa shape index (κ2) is 12.3. The lowest BCUT2D eigenvalue weighted by Gasteiger charge is -2.31. The molecule has 2 N–H and O–H groups in total. The lowest BCUT2D eigenvalue weighted by Crippen LogP contribution is -2.47. The Morgan fingerprint density at radius 1 is 1.19 bits per heavy atom. The SMILES string of the molecule is CN=C(NCCCCC(C)C)NCC1CCN(S(=O)(=O)C(F)(F)F)CC1.I.